The first-order chi connectivity index (χ1) is 10.2. The van der Waals surface area contributed by atoms with Gasteiger partial charge in [-0.25, -0.2) is 13.1 Å². The van der Waals surface area contributed by atoms with Crippen LogP contribution in [0.2, 0.25) is 10.0 Å². The average molecular weight is 367 g/mol. The maximum atomic E-state index is 12.5. The summed E-state index contributed by atoms with van der Waals surface area (Å²) in [7, 11) is -0.784. The van der Waals surface area contributed by atoms with Gasteiger partial charge in [-0.15, -0.1) is 0 Å². The van der Waals surface area contributed by atoms with Crippen LogP contribution < -0.4 is 9.46 Å². The first-order valence-corrected chi connectivity index (χ1v) is 8.78. The molecule has 6 nitrogen and oxygen atoms in total. The number of halogens is 2. The summed E-state index contributed by atoms with van der Waals surface area (Å²) in [5.74, 6) is 0.301. The van der Waals surface area contributed by atoms with Crippen LogP contribution >= 0.6 is 23.2 Å². The zero-order valence-electron chi connectivity index (χ0n) is 12.1. The largest absolute Gasteiger partial charge is 0.495 e. The summed E-state index contributed by atoms with van der Waals surface area (Å²) in [5, 5.41) is 0.178. The minimum absolute atomic E-state index is 0.000900. The Balaban J connectivity index is 2.24. The SMILES string of the molecule is COc1cc(Cl)c(S(=O)(=O)NC2CCC(=O)N(C)C2)cc1Cl. The van der Waals surface area contributed by atoms with E-state index in [2.05, 4.69) is 4.72 Å². The molecule has 2 rings (SSSR count). The van der Waals surface area contributed by atoms with Crippen LogP contribution in [0.3, 0.4) is 0 Å². The van der Waals surface area contributed by atoms with E-state index < -0.39 is 10.0 Å². The van der Waals surface area contributed by atoms with Gasteiger partial charge in [-0.1, -0.05) is 23.2 Å². The molecule has 0 aliphatic carbocycles. The van der Waals surface area contributed by atoms with Crippen LogP contribution in [0.25, 0.3) is 0 Å². The van der Waals surface area contributed by atoms with Crippen molar-refractivity contribution in [2.75, 3.05) is 20.7 Å². The summed E-state index contributed by atoms with van der Waals surface area (Å²) in [6.07, 6.45) is 0.755. The van der Waals surface area contributed by atoms with E-state index in [9.17, 15) is 13.2 Å². The van der Waals surface area contributed by atoms with Gasteiger partial charge in [-0.3, -0.25) is 4.79 Å². The summed E-state index contributed by atoms with van der Waals surface area (Å²) in [4.78, 5) is 12.8. The van der Waals surface area contributed by atoms with Crippen molar-refractivity contribution in [3.8, 4) is 5.75 Å². The minimum atomic E-state index is -3.84. The van der Waals surface area contributed by atoms with Crippen LogP contribution in [0, 0.1) is 0 Å². The van der Waals surface area contributed by atoms with E-state index in [1.54, 1.807) is 7.05 Å². The van der Waals surface area contributed by atoms with Gasteiger partial charge in [-0.2, -0.15) is 0 Å². The van der Waals surface area contributed by atoms with E-state index in [-0.39, 0.29) is 26.9 Å². The Hall–Kier alpha value is -1.02. The number of sulfonamides is 1. The highest BCUT2D eigenvalue weighted by Crippen LogP contribution is 2.33. The second-order valence-corrected chi connectivity index (χ2v) is 7.55. The second-order valence-electron chi connectivity index (χ2n) is 5.05. The van der Waals surface area contributed by atoms with Crippen molar-refractivity contribution in [2.24, 2.45) is 0 Å². The van der Waals surface area contributed by atoms with Gasteiger partial charge in [0.1, 0.15) is 10.6 Å². The van der Waals surface area contributed by atoms with E-state index in [1.165, 1.54) is 24.1 Å². The number of nitrogens with zero attached hydrogens (tertiary/aromatic N) is 1. The monoisotopic (exact) mass is 366 g/mol. The lowest BCUT2D eigenvalue weighted by Gasteiger charge is -2.30. The lowest BCUT2D eigenvalue weighted by atomic mass is 10.1. The Morgan fingerprint density at radius 2 is 2.00 bits per heavy atom. The smallest absolute Gasteiger partial charge is 0.242 e. The van der Waals surface area contributed by atoms with Crippen molar-refractivity contribution in [1.29, 1.82) is 0 Å². The number of rotatable bonds is 4. The molecule has 1 aromatic carbocycles. The third-order valence-electron chi connectivity index (χ3n) is 3.44. The Kier molecular flexibility index (Phi) is 5.21. The molecule has 22 heavy (non-hydrogen) atoms. The quantitative estimate of drug-likeness (QED) is 0.882. The molecule has 1 aliphatic rings. The summed E-state index contributed by atoms with van der Waals surface area (Å²) in [6.45, 7) is 0.319. The van der Waals surface area contributed by atoms with Gasteiger partial charge in [-0.05, 0) is 12.5 Å². The highest BCUT2D eigenvalue weighted by molar-refractivity contribution is 7.89. The topological polar surface area (TPSA) is 75.7 Å². The molecule has 1 atom stereocenters. The molecule has 9 heteroatoms. The van der Waals surface area contributed by atoms with Crippen molar-refractivity contribution in [2.45, 2.75) is 23.8 Å². The molecular formula is C13H16Cl2N2O4S. The number of methoxy groups -OCH3 is 1. The van der Waals surface area contributed by atoms with Gasteiger partial charge < -0.3 is 9.64 Å². The molecule has 0 aromatic heterocycles. The molecule has 1 aromatic rings. The molecule has 1 heterocycles. The van der Waals surface area contributed by atoms with Crippen LogP contribution in [-0.4, -0.2) is 46.0 Å². The normalized spacial score (nSPS) is 19.4. The minimum Gasteiger partial charge on any atom is -0.495 e. The zero-order chi connectivity index (χ0) is 16.5. The molecule has 1 aliphatic heterocycles. The number of likely N-dealkylation sites (tertiary alicyclic amines) is 1. The van der Waals surface area contributed by atoms with E-state index in [1.807, 2.05) is 0 Å². The number of benzene rings is 1. The highest BCUT2D eigenvalue weighted by atomic mass is 35.5. The summed E-state index contributed by atoms with van der Waals surface area (Å²) in [5.41, 5.74) is 0. The fraction of sp³-hybridized carbons (Fsp3) is 0.462. The van der Waals surface area contributed by atoms with Crippen LogP contribution in [0.15, 0.2) is 17.0 Å². The third-order valence-corrected chi connectivity index (χ3v) is 5.72. The lowest BCUT2D eigenvalue weighted by Crippen LogP contribution is -2.48. The molecule has 1 N–H and O–H groups in total. The number of nitrogens with one attached hydrogen (secondary N) is 1. The van der Waals surface area contributed by atoms with Crippen LogP contribution in [-0.2, 0) is 14.8 Å². The van der Waals surface area contributed by atoms with Crippen LogP contribution in [0.4, 0.5) is 0 Å². The number of hydrogen-bond donors (Lipinski definition) is 1. The number of carbonyl (C=O) groups is 1. The second kappa shape index (κ2) is 6.62. The van der Waals surface area contributed by atoms with Crippen molar-refractivity contribution in [3.63, 3.8) is 0 Å². The fourth-order valence-corrected chi connectivity index (χ4v) is 4.37. The Bertz CT molecular complexity index is 694. The third kappa shape index (κ3) is 3.65. The van der Waals surface area contributed by atoms with Crippen LogP contribution in [0.1, 0.15) is 12.8 Å². The summed E-state index contributed by atoms with van der Waals surface area (Å²) in [6, 6.07) is 2.25. The van der Waals surface area contributed by atoms with Gasteiger partial charge in [0.15, 0.2) is 0 Å². The molecule has 0 saturated carbocycles. The molecule has 0 spiro atoms. The Labute approximate surface area is 139 Å². The highest BCUT2D eigenvalue weighted by Gasteiger charge is 2.29. The molecule has 1 amide bonds. The Morgan fingerprint density at radius 3 is 2.59 bits per heavy atom. The first kappa shape index (κ1) is 17.3. The molecule has 0 radical (unpaired) electrons. The van der Waals surface area contributed by atoms with Gasteiger partial charge in [0.2, 0.25) is 15.9 Å². The zero-order valence-corrected chi connectivity index (χ0v) is 14.4. The van der Waals surface area contributed by atoms with Crippen molar-refractivity contribution < 1.29 is 17.9 Å². The number of ether oxygens (including phenoxy) is 1. The summed E-state index contributed by atoms with van der Waals surface area (Å²) < 4.78 is 32.5. The number of piperidine rings is 1. The number of likely N-dealkylation sites (N-methyl/N-ethyl adjacent to an activating group) is 1. The molecule has 1 unspecified atom stereocenters. The number of hydrogen-bond acceptors (Lipinski definition) is 4. The summed E-state index contributed by atoms with van der Waals surface area (Å²) >= 11 is 12.0. The molecule has 0 bridgehead atoms. The fourth-order valence-electron chi connectivity index (χ4n) is 2.26. The van der Waals surface area contributed by atoms with Gasteiger partial charge in [0.25, 0.3) is 0 Å². The first-order valence-electron chi connectivity index (χ1n) is 6.54. The number of carbonyl (C=O) groups excluding carboxylic acids is 1. The van der Waals surface area contributed by atoms with E-state index >= 15 is 0 Å². The van der Waals surface area contributed by atoms with Crippen molar-refractivity contribution >= 4 is 39.1 Å². The maximum Gasteiger partial charge on any atom is 0.242 e. The average Bonchev–Trinajstić information content (AvgIpc) is 2.44. The van der Waals surface area contributed by atoms with Crippen LogP contribution in [0.5, 0.6) is 5.75 Å². The van der Waals surface area contributed by atoms with E-state index in [0.717, 1.165) is 0 Å². The predicted molar refractivity (Wildman–Crippen MR) is 84.0 cm³/mol. The van der Waals surface area contributed by atoms with Crippen molar-refractivity contribution in [3.05, 3.63) is 22.2 Å². The maximum absolute atomic E-state index is 12.5. The molecule has 122 valence electrons. The molecular weight excluding hydrogens is 351 g/mol. The van der Waals surface area contributed by atoms with E-state index in [0.29, 0.717) is 25.1 Å². The Morgan fingerprint density at radius 1 is 1.32 bits per heavy atom. The van der Waals surface area contributed by atoms with E-state index in [4.69, 9.17) is 27.9 Å². The van der Waals surface area contributed by atoms with Crippen molar-refractivity contribution in [1.82, 2.24) is 9.62 Å². The van der Waals surface area contributed by atoms with Gasteiger partial charge in [0, 0.05) is 32.1 Å². The predicted octanol–water partition coefficient (Wildman–Crippen LogP) is 1.90. The molecule has 1 fully saturated rings. The standard InChI is InChI=1S/C13H16Cl2N2O4S/c1-17-7-8(3-4-13(17)18)16-22(19,20)12-6-9(14)11(21-2)5-10(12)15/h5-6,8,16H,3-4,7H2,1-2H3. The van der Waals surface area contributed by atoms with Gasteiger partial charge >= 0.3 is 0 Å². The lowest BCUT2D eigenvalue weighted by molar-refractivity contribution is -0.132. The van der Waals surface area contributed by atoms with Gasteiger partial charge in [0.05, 0.1) is 17.2 Å². The number of amides is 1. The molecule has 1 saturated heterocycles.